The van der Waals surface area contributed by atoms with Gasteiger partial charge in [0.05, 0.1) is 6.61 Å². The molecule has 0 aliphatic heterocycles. The molecule has 2 aromatic carbocycles. The van der Waals surface area contributed by atoms with E-state index >= 15 is 0 Å². The number of ether oxygens (including phenoxy) is 1. The average molecular weight is 463 g/mol. The number of rotatable bonds is 7. The molecule has 0 atom stereocenters. The number of carbonyl (C=O) groups is 1. The normalized spacial score (nSPS) is 17.6. The van der Waals surface area contributed by atoms with Gasteiger partial charge in [-0.3, -0.25) is 4.79 Å². The molecule has 0 N–H and O–H groups in total. The van der Waals surface area contributed by atoms with E-state index < -0.39 is 0 Å². The second kappa shape index (κ2) is 16.2. The topological polar surface area (TPSA) is 26.3 Å². The third-order valence-corrected chi connectivity index (χ3v) is 6.56. The molecule has 0 aromatic heterocycles. The minimum atomic E-state index is 0.639. The van der Waals surface area contributed by atoms with Gasteiger partial charge in [0, 0.05) is 7.11 Å². The third-order valence-electron chi connectivity index (χ3n) is 6.56. The van der Waals surface area contributed by atoms with E-state index in [9.17, 15) is 0 Å². The van der Waals surface area contributed by atoms with Crippen molar-refractivity contribution in [2.75, 3.05) is 7.11 Å². The number of carbonyl (C=O) groups excluding carboxylic acids is 1. The van der Waals surface area contributed by atoms with Gasteiger partial charge in [-0.2, -0.15) is 0 Å². The Labute approximate surface area is 209 Å². The first-order chi connectivity index (χ1) is 16.4. The van der Waals surface area contributed by atoms with Gasteiger partial charge in [-0.15, -0.1) is 0 Å². The molecule has 1 aliphatic carbocycles. The van der Waals surface area contributed by atoms with Crippen molar-refractivity contribution >= 4 is 12.4 Å². The van der Waals surface area contributed by atoms with Crippen molar-refractivity contribution in [2.45, 2.75) is 86.2 Å². The number of hydrogen-bond acceptors (Lipinski definition) is 2. The molecule has 0 unspecified atom stereocenters. The average Bonchev–Trinajstić information content (AvgIpc) is 2.87. The molecule has 2 aromatic rings. The van der Waals surface area contributed by atoms with Crippen LogP contribution in [0.25, 0.3) is 17.2 Å². The van der Waals surface area contributed by atoms with E-state index in [-0.39, 0.29) is 0 Å². The van der Waals surface area contributed by atoms with Crippen LogP contribution in [-0.2, 0) is 16.1 Å². The molecule has 3 rings (SSSR count). The van der Waals surface area contributed by atoms with Gasteiger partial charge in [-0.25, -0.2) is 0 Å². The molecule has 0 bridgehead atoms. The maximum absolute atomic E-state index is 9.06. The molecule has 0 radical (unpaired) electrons. The highest BCUT2D eigenvalue weighted by molar-refractivity contribution is 5.69. The Kier molecular flexibility index (Phi) is 14.1. The van der Waals surface area contributed by atoms with Crippen LogP contribution in [-0.4, -0.2) is 13.4 Å². The summed E-state index contributed by atoms with van der Waals surface area (Å²) < 4.78 is 5.56. The molecule has 1 aliphatic rings. The van der Waals surface area contributed by atoms with Crippen molar-refractivity contribution < 1.29 is 9.53 Å². The molecule has 1 saturated carbocycles. The van der Waals surface area contributed by atoms with Crippen molar-refractivity contribution in [1.29, 1.82) is 0 Å². The Hall–Kier alpha value is -2.45. The summed E-state index contributed by atoms with van der Waals surface area (Å²) in [5.74, 6) is 1.58. The van der Waals surface area contributed by atoms with Gasteiger partial charge >= 0.3 is 0 Å². The maximum Gasteiger partial charge on any atom is 0.142 e. The van der Waals surface area contributed by atoms with E-state index in [4.69, 9.17) is 9.53 Å². The number of hydrogen-bond donors (Lipinski definition) is 0. The molecule has 2 nitrogen and oxygen atoms in total. The van der Waals surface area contributed by atoms with Crippen molar-refractivity contribution in [1.82, 2.24) is 0 Å². The first-order valence-electron chi connectivity index (χ1n) is 12.9. The molecule has 0 heterocycles. The predicted molar refractivity (Wildman–Crippen MR) is 149 cm³/mol. The van der Waals surface area contributed by atoms with E-state index in [2.05, 4.69) is 76.7 Å². The van der Waals surface area contributed by atoms with E-state index in [1.807, 2.05) is 13.8 Å². The first kappa shape index (κ1) is 29.6. The number of aldehydes is 1. The molecule has 0 spiro atoms. The quantitative estimate of drug-likeness (QED) is 0.303. The Morgan fingerprint density at radius 2 is 1.65 bits per heavy atom. The molecule has 0 saturated heterocycles. The van der Waals surface area contributed by atoms with Crippen molar-refractivity contribution in [3.05, 3.63) is 76.9 Å². The van der Waals surface area contributed by atoms with Gasteiger partial charge in [-0.05, 0) is 90.5 Å². The van der Waals surface area contributed by atoms with Gasteiger partial charge in [0.25, 0.3) is 0 Å². The van der Waals surface area contributed by atoms with Crippen LogP contribution in [0.5, 0.6) is 0 Å². The lowest BCUT2D eigenvalue weighted by atomic mass is 9.78. The predicted octanol–water partition coefficient (Wildman–Crippen LogP) is 9.31. The van der Waals surface area contributed by atoms with Gasteiger partial charge in [-0.1, -0.05) is 89.1 Å². The second-order valence-corrected chi connectivity index (χ2v) is 9.09. The summed E-state index contributed by atoms with van der Waals surface area (Å²) in [6.45, 7) is 16.8. The second-order valence-electron chi connectivity index (χ2n) is 9.09. The Morgan fingerprint density at radius 1 is 1.06 bits per heavy atom. The van der Waals surface area contributed by atoms with Crippen LogP contribution in [0.4, 0.5) is 0 Å². The lowest BCUT2D eigenvalue weighted by Crippen LogP contribution is -2.12. The van der Waals surface area contributed by atoms with Gasteiger partial charge < -0.3 is 4.74 Å². The smallest absolute Gasteiger partial charge is 0.142 e. The fraction of sp³-hybridized carbons (Fsp3) is 0.469. The Morgan fingerprint density at radius 3 is 2.18 bits per heavy atom. The molecular weight excluding hydrogens is 416 g/mol. The first-order valence-corrected chi connectivity index (χ1v) is 12.9. The number of methoxy groups -OCH3 is 1. The van der Waals surface area contributed by atoms with Crippen molar-refractivity contribution in [2.24, 2.45) is 5.92 Å². The van der Waals surface area contributed by atoms with Crippen LogP contribution in [0.2, 0.25) is 0 Å². The maximum atomic E-state index is 9.06. The monoisotopic (exact) mass is 462 g/mol. The fourth-order valence-electron chi connectivity index (χ4n) is 4.42. The van der Waals surface area contributed by atoms with E-state index in [1.165, 1.54) is 70.7 Å². The van der Waals surface area contributed by atoms with Gasteiger partial charge in [0.15, 0.2) is 0 Å². The Balaban J connectivity index is 0.000000872. The summed E-state index contributed by atoms with van der Waals surface area (Å²) in [6.07, 6.45) is 10.6. The highest BCUT2D eigenvalue weighted by atomic mass is 16.5. The minimum Gasteiger partial charge on any atom is -0.380 e. The third kappa shape index (κ3) is 9.06. The summed E-state index contributed by atoms with van der Waals surface area (Å²) in [5, 5.41) is 0. The largest absolute Gasteiger partial charge is 0.380 e. The summed E-state index contributed by atoms with van der Waals surface area (Å²) in [4.78, 5) is 9.06. The van der Waals surface area contributed by atoms with Crippen LogP contribution in [0.3, 0.4) is 0 Å². The molecule has 0 amide bonds. The zero-order valence-corrected chi connectivity index (χ0v) is 22.6. The van der Waals surface area contributed by atoms with E-state index in [0.29, 0.717) is 18.8 Å². The van der Waals surface area contributed by atoms with Crippen LogP contribution >= 0.6 is 0 Å². The van der Waals surface area contributed by atoms with E-state index in [0.717, 1.165) is 12.3 Å². The Bertz CT molecular complexity index is 909. The lowest BCUT2D eigenvalue weighted by Gasteiger charge is -2.28. The molecule has 1 fully saturated rings. The summed E-state index contributed by atoms with van der Waals surface area (Å²) in [5.41, 5.74) is 9.55. The molecule has 186 valence electrons. The minimum absolute atomic E-state index is 0.639. The highest BCUT2D eigenvalue weighted by Crippen LogP contribution is 2.38. The molecule has 34 heavy (non-hydrogen) atoms. The zero-order valence-electron chi connectivity index (χ0n) is 22.6. The standard InChI is InChI=1S/C27H36O.C3H4O.C2H6/c1-6-19(2)15-23-11-12-24(16-21(23)4)25-13-14-27(26(17-25)18-28-5)22-9-7-20(3)8-10-22;1-2-3-4;1-2/h11-17,20,22H,6-10,18H2,1-5H3;2-3H,1H2;1-2H3/b19-15+;;. The number of allylic oxidation sites excluding steroid dienone is 2. The highest BCUT2D eigenvalue weighted by Gasteiger charge is 2.22. The molecule has 2 heteroatoms. The van der Waals surface area contributed by atoms with Crippen LogP contribution in [0.1, 0.15) is 94.9 Å². The van der Waals surface area contributed by atoms with Crippen molar-refractivity contribution in [3.63, 3.8) is 0 Å². The lowest BCUT2D eigenvalue weighted by molar-refractivity contribution is -0.104. The molecular formula is C32H46O2. The van der Waals surface area contributed by atoms with Gasteiger partial charge in [0.2, 0.25) is 0 Å². The van der Waals surface area contributed by atoms with Gasteiger partial charge in [0.1, 0.15) is 6.29 Å². The number of benzene rings is 2. The van der Waals surface area contributed by atoms with E-state index in [1.54, 1.807) is 7.11 Å². The fourth-order valence-corrected chi connectivity index (χ4v) is 4.42. The van der Waals surface area contributed by atoms with Crippen LogP contribution in [0, 0.1) is 12.8 Å². The van der Waals surface area contributed by atoms with Crippen LogP contribution < -0.4 is 0 Å². The number of aryl methyl sites for hydroxylation is 1. The zero-order chi connectivity index (χ0) is 25.5. The summed E-state index contributed by atoms with van der Waals surface area (Å²) in [6, 6.07) is 13.9. The van der Waals surface area contributed by atoms with Crippen molar-refractivity contribution in [3.8, 4) is 11.1 Å². The SMILES string of the molecule is C=CC=O.CC.CC/C(C)=C/c1ccc(-c2ccc(C3CCC(C)CC3)c(COC)c2)cc1C. The summed E-state index contributed by atoms with van der Waals surface area (Å²) >= 11 is 0. The summed E-state index contributed by atoms with van der Waals surface area (Å²) in [7, 11) is 1.81. The van der Waals surface area contributed by atoms with Crippen LogP contribution in [0.15, 0.2) is 54.6 Å².